The largest absolute Gasteiger partial charge is 0.306 e. The van der Waals surface area contributed by atoms with Gasteiger partial charge in [-0.3, -0.25) is 0 Å². The smallest absolute Gasteiger partial charge is 0.152 e. The van der Waals surface area contributed by atoms with Crippen molar-refractivity contribution in [2.24, 2.45) is 0 Å². The van der Waals surface area contributed by atoms with E-state index in [4.69, 9.17) is 9.81 Å². The maximum absolute atomic E-state index is 9.99. The summed E-state index contributed by atoms with van der Waals surface area (Å²) in [4.78, 5) is 0. The van der Waals surface area contributed by atoms with Crippen LogP contribution in [-0.2, 0) is 11.1 Å². The number of nitriles is 1. The molecule has 52 valence electrons. The lowest BCUT2D eigenvalue weighted by atomic mass is 10.3. The second kappa shape index (κ2) is 5.73. The molecule has 0 rings (SSSR count). The highest BCUT2D eigenvalue weighted by Gasteiger charge is 1.91. The number of rotatable bonds is 4. The Morgan fingerprint density at radius 1 is 1.56 bits per heavy atom. The van der Waals surface area contributed by atoms with Crippen molar-refractivity contribution in [2.75, 3.05) is 5.75 Å². The van der Waals surface area contributed by atoms with Gasteiger partial charge in [-0.25, -0.2) is 4.21 Å². The summed E-state index contributed by atoms with van der Waals surface area (Å²) in [5.74, 6) is 0.293. The van der Waals surface area contributed by atoms with Crippen LogP contribution in [0.25, 0.3) is 0 Å². The molecule has 0 spiro atoms. The van der Waals surface area contributed by atoms with Crippen LogP contribution in [0.3, 0.4) is 0 Å². The molecule has 0 heterocycles. The molecule has 0 saturated carbocycles. The lowest BCUT2D eigenvalue weighted by Crippen LogP contribution is -1.93. The van der Waals surface area contributed by atoms with Crippen molar-refractivity contribution in [3.8, 4) is 6.07 Å². The highest BCUT2D eigenvalue weighted by Crippen LogP contribution is 1.93. The van der Waals surface area contributed by atoms with Gasteiger partial charge in [0.2, 0.25) is 0 Å². The molecule has 0 fully saturated rings. The second-order valence-corrected chi connectivity index (χ2v) is 2.69. The third kappa shape index (κ3) is 7.60. The van der Waals surface area contributed by atoms with Crippen LogP contribution in [0.2, 0.25) is 0 Å². The molecule has 0 bridgehead atoms. The minimum atomic E-state index is -1.68. The number of unbranched alkanes of at least 4 members (excludes halogenated alkanes) is 2. The fraction of sp³-hybridized carbons (Fsp3) is 0.800. The Bertz CT molecular complexity index is 129. The summed E-state index contributed by atoms with van der Waals surface area (Å²) in [6, 6.07) is 1.96. The Hall–Kier alpha value is -0.400. The van der Waals surface area contributed by atoms with Gasteiger partial charge in [0.15, 0.2) is 11.1 Å². The normalized spacial score (nSPS) is 12.4. The maximum Gasteiger partial charge on any atom is 0.152 e. The minimum Gasteiger partial charge on any atom is -0.306 e. The number of nitrogens with zero attached hydrogens (tertiary/aromatic N) is 1. The topological polar surface area (TPSA) is 61.1 Å². The van der Waals surface area contributed by atoms with Crippen molar-refractivity contribution in [2.45, 2.75) is 19.3 Å². The van der Waals surface area contributed by atoms with E-state index in [-0.39, 0.29) is 0 Å². The molecular weight excluding hydrogens is 138 g/mol. The van der Waals surface area contributed by atoms with Crippen LogP contribution >= 0.6 is 0 Å². The molecule has 0 radical (unpaired) electrons. The van der Waals surface area contributed by atoms with Crippen molar-refractivity contribution >= 4 is 11.1 Å². The lowest BCUT2D eigenvalue weighted by molar-refractivity contribution is 0.560. The summed E-state index contributed by atoms with van der Waals surface area (Å²) in [6.07, 6.45) is 1.87. The van der Waals surface area contributed by atoms with Crippen molar-refractivity contribution in [3.05, 3.63) is 0 Å². The maximum atomic E-state index is 9.99. The molecule has 0 aliphatic rings. The SMILES string of the molecule is N#CCCCCS(=O)O. The van der Waals surface area contributed by atoms with Crippen LogP contribution in [0.1, 0.15) is 19.3 Å². The Morgan fingerprint density at radius 2 is 2.22 bits per heavy atom. The molecule has 0 aliphatic carbocycles. The van der Waals surface area contributed by atoms with Gasteiger partial charge in [0.05, 0.1) is 6.07 Å². The molecule has 4 heteroatoms. The third-order valence-corrected chi connectivity index (χ3v) is 1.50. The first-order valence-corrected chi connectivity index (χ1v) is 3.99. The van der Waals surface area contributed by atoms with Crippen LogP contribution in [0.4, 0.5) is 0 Å². The summed E-state index contributed by atoms with van der Waals surface area (Å²) in [5, 5.41) is 8.04. The highest BCUT2D eigenvalue weighted by molar-refractivity contribution is 7.79. The molecule has 0 amide bonds. The molecule has 9 heavy (non-hydrogen) atoms. The highest BCUT2D eigenvalue weighted by atomic mass is 32.2. The summed E-state index contributed by atoms with van der Waals surface area (Å²) in [5.41, 5.74) is 0. The lowest BCUT2D eigenvalue weighted by Gasteiger charge is -1.89. The molecule has 0 aliphatic heterocycles. The second-order valence-electron chi connectivity index (χ2n) is 1.64. The van der Waals surface area contributed by atoms with Crippen LogP contribution < -0.4 is 0 Å². The van der Waals surface area contributed by atoms with Gasteiger partial charge in [-0.15, -0.1) is 0 Å². The summed E-state index contributed by atoms with van der Waals surface area (Å²) in [6.45, 7) is 0. The van der Waals surface area contributed by atoms with Crippen LogP contribution in [0.5, 0.6) is 0 Å². The van der Waals surface area contributed by atoms with Crippen molar-refractivity contribution in [1.82, 2.24) is 0 Å². The standard InChI is InChI=1S/C5H9NO2S/c6-4-2-1-3-5-9(7)8/h1-3,5H2,(H,7,8). The van der Waals surface area contributed by atoms with E-state index in [1.807, 2.05) is 6.07 Å². The molecule has 0 aromatic heterocycles. The molecule has 0 aromatic rings. The van der Waals surface area contributed by atoms with Crippen LogP contribution in [0.15, 0.2) is 0 Å². The van der Waals surface area contributed by atoms with E-state index in [0.29, 0.717) is 18.6 Å². The molecule has 3 nitrogen and oxygen atoms in total. The average Bonchev–Trinajstić information content (AvgIpc) is 1.80. The molecular formula is C5H9NO2S. The summed E-state index contributed by atoms with van der Waals surface area (Å²) < 4.78 is 18.2. The third-order valence-electron chi connectivity index (χ3n) is 0.858. The Balaban J connectivity index is 2.94. The van der Waals surface area contributed by atoms with Gasteiger partial charge >= 0.3 is 0 Å². The van der Waals surface area contributed by atoms with Crippen molar-refractivity contribution in [1.29, 1.82) is 5.26 Å². The quantitative estimate of drug-likeness (QED) is 0.474. The van der Waals surface area contributed by atoms with E-state index < -0.39 is 11.1 Å². The average molecular weight is 147 g/mol. The fourth-order valence-corrected chi connectivity index (χ4v) is 0.881. The van der Waals surface area contributed by atoms with Gasteiger partial charge in [-0.1, -0.05) is 0 Å². The molecule has 0 aromatic carbocycles. The zero-order valence-corrected chi connectivity index (χ0v) is 5.86. The van der Waals surface area contributed by atoms with Gasteiger partial charge in [0, 0.05) is 12.2 Å². The number of hydrogen-bond donors (Lipinski definition) is 1. The van der Waals surface area contributed by atoms with Gasteiger partial charge in [0.1, 0.15) is 0 Å². The monoisotopic (exact) mass is 147 g/mol. The van der Waals surface area contributed by atoms with E-state index in [1.54, 1.807) is 0 Å². The zero-order chi connectivity index (χ0) is 7.11. The Labute approximate surface area is 57.0 Å². The van der Waals surface area contributed by atoms with E-state index in [0.717, 1.165) is 6.42 Å². The first-order chi connectivity index (χ1) is 4.27. The predicted molar refractivity (Wildman–Crippen MR) is 35.1 cm³/mol. The van der Waals surface area contributed by atoms with E-state index in [1.165, 1.54) is 0 Å². The molecule has 1 N–H and O–H groups in total. The molecule has 1 atom stereocenters. The Kier molecular flexibility index (Phi) is 5.48. The molecule has 1 unspecified atom stereocenters. The van der Waals surface area contributed by atoms with E-state index >= 15 is 0 Å². The van der Waals surface area contributed by atoms with Gasteiger partial charge < -0.3 is 4.55 Å². The van der Waals surface area contributed by atoms with E-state index in [2.05, 4.69) is 0 Å². The predicted octanol–water partition coefficient (Wildman–Crippen LogP) is 0.902. The number of hydrogen-bond acceptors (Lipinski definition) is 2. The molecule has 0 saturated heterocycles. The van der Waals surface area contributed by atoms with Crippen molar-refractivity contribution < 1.29 is 8.76 Å². The van der Waals surface area contributed by atoms with Gasteiger partial charge in [-0.2, -0.15) is 5.26 Å². The van der Waals surface area contributed by atoms with Gasteiger partial charge in [0.25, 0.3) is 0 Å². The zero-order valence-electron chi connectivity index (χ0n) is 5.04. The summed E-state index contributed by atoms with van der Waals surface area (Å²) in [7, 11) is 0. The van der Waals surface area contributed by atoms with Crippen LogP contribution in [-0.4, -0.2) is 14.5 Å². The Morgan fingerprint density at radius 3 is 2.67 bits per heavy atom. The van der Waals surface area contributed by atoms with Crippen LogP contribution in [0, 0.1) is 11.3 Å². The van der Waals surface area contributed by atoms with E-state index in [9.17, 15) is 4.21 Å². The van der Waals surface area contributed by atoms with Crippen molar-refractivity contribution in [3.63, 3.8) is 0 Å². The summed E-state index contributed by atoms with van der Waals surface area (Å²) >= 11 is -1.68. The minimum absolute atomic E-state index is 0.293. The van der Waals surface area contributed by atoms with Gasteiger partial charge in [-0.05, 0) is 12.8 Å². The first kappa shape index (κ1) is 8.60. The first-order valence-electron chi connectivity index (χ1n) is 2.72. The fourth-order valence-electron chi connectivity index (χ4n) is 0.430.